The van der Waals surface area contributed by atoms with Crippen LogP contribution in [0.25, 0.3) is 0 Å². The molecule has 0 aliphatic carbocycles. The van der Waals surface area contributed by atoms with E-state index in [0.717, 1.165) is 0 Å². The van der Waals surface area contributed by atoms with Gasteiger partial charge in [0.2, 0.25) is 5.78 Å². The minimum Gasteiger partial charge on any atom is -0.299 e. The molecule has 5 heteroatoms. The number of hydrogen-bond acceptors (Lipinski definition) is 2. The summed E-state index contributed by atoms with van der Waals surface area (Å²) in [4.78, 5) is 22.1. The first kappa shape index (κ1) is 14.1. The molecule has 0 rings (SSSR count). The van der Waals surface area contributed by atoms with Crippen molar-refractivity contribution in [2.75, 3.05) is 0 Å². The lowest BCUT2D eigenvalue weighted by atomic mass is 9.91. The second-order valence-corrected chi connectivity index (χ2v) is 3.38. The van der Waals surface area contributed by atoms with E-state index >= 15 is 0 Å². The molecule has 1 unspecified atom stereocenters. The first-order chi connectivity index (χ1) is 6.84. The Morgan fingerprint density at radius 1 is 1.20 bits per heavy atom. The standard InChI is InChI=1S/C10H15F3O2/c1-3-5-6-7(8(14)4-2)9(15)10(11,12)13/h7H,3-6H2,1-2H3. The quantitative estimate of drug-likeness (QED) is 0.650. The molecule has 0 saturated heterocycles. The summed E-state index contributed by atoms with van der Waals surface area (Å²) in [5.74, 6) is -4.01. The molecule has 0 radical (unpaired) electrons. The van der Waals surface area contributed by atoms with E-state index in [1.165, 1.54) is 6.92 Å². The van der Waals surface area contributed by atoms with Crippen LogP contribution in [0.15, 0.2) is 0 Å². The van der Waals surface area contributed by atoms with Crippen LogP contribution in [0.2, 0.25) is 0 Å². The van der Waals surface area contributed by atoms with E-state index in [9.17, 15) is 22.8 Å². The molecule has 1 atom stereocenters. The highest BCUT2D eigenvalue weighted by molar-refractivity contribution is 6.04. The molecule has 0 heterocycles. The fourth-order valence-corrected chi connectivity index (χ4v) is 1.29. The fourth-order valence-electron chi connectivity index (χ4n) is 1.29. The van der Waals surface area contributed by atoms with Gasteiger partial charge in [-0.05, 0) is 6.42 Å². The molecule has 0 aromatic carbocycles. The molecule has 0 amide bonds. The number of Topliss-reactive ketones (excluding diaryl/α,β-unsaturated/α-hetero) is 2. The molecule has 0 N–H and O–H groups in total. The van der Waals surface area contributed by atoms with E-state index in [1.54, 1.807) is 6.92 Å². The molecular weight excluding hydrogens is 209 g/mol. The Labute approximate surface area is 86.8 Å². The highest BCUT2D eigenvalue weighted by atomic mass is 19.4. The summed E-state index contributed by atoms with van der Waals surface area (Å²) < 4.78 is 36.4. The monoisotopic (exact) mass is 224 g/mol. The third kappa shape index (κ3) is 4.44. The Hall–Kier alpha value is -0.870. The van der Waals surface area contributed by atoms with Crippen LogP contribution >= 0.6 is 0 Å². The van der Waals surface area contributed by atoms with Crippen molar-refractivity contribution in [1.82, 2.24) is 0 Å². The minimum atomic E-state index is -4.90. The Morgan fingerprint density at radius 3 is 2.07 bits per heavy atom. The van der Waals surface area contributed by atoms with E-state index in [4.69, 9.17) is 0 Å². The number of carbonyl (C=O) groups is 2. The fraction of sp³-hybridized carbons (Fsp3) is 0.800. The van der Waals surface area contributed by atoms with Gasteiger partial charge in [-0.25, -0.2) is 0 Å². The summed E-state index contributed by atoms with van der Waals surface area (Å²) in [6.07, 6.45) is -3.81. The van der Waals surface area contributed by atoms with Crippen molar-refractivity contribution >= 4 is 11.6 Å². The van der Waals surface area contributed by atoms with Crippen molar-refractivity contribution < 1.29 is 22.8 Å². The molecule has 0 spiro atoms. The maximum Gasteiger partial charge on any atom is 0.450 e. The van der Waals surface area contributed by atoms with Crippen molar-refractivity contribution in [3.8, 4) is 0 Å². The first-order valence-corrected chi connectivity index (χ1v) is 4.98. The topological polar surface area (TPSA) is 34.1 Å². The number of alkyl halides is 3. The van der Waals surface area contributed by atoms with Gasteiger partial charge in [0, 0.05) is 6.42 Å². The zero-order valence-electron chi connectivity index (χ0n) is 8.86. The molecule has 0 bridgehead atoms. The van der Waals surface area contributed by atoms with E-state index in [-0.39, 0.29) is 12.8 Å². The average Bonchev–Trinajstić information content (AvgIpc) is 2.16. The zero-order chi connectivity index (χ0) is 12.1. The normalized spacial score (nSPS) is 13.7. The predicted molar refractivity (Wildman–Crippen MR) is 49.4 cm³/mol. The number of carbonyl (C=O) groups excluding carboxylic acids is 2. The number of unbranched alkanes of at least 4 members (excludes halogenated alkanes) is 1. The van der Waals surface area contributed by atoms with Gasteiger partial charge in [0.25, 0.3) is 0 Å². The van der Waals surface area contributed by atoms with Crippen LogP contribution in [0, 0.1) is 5.92 Å². The second kappa shape index (κ2) is 5.88. The van der Waals surface area contributed by atoms with Crippen LogP contribution in [0.4, 0.5) is 13.2 Å². The van der Waals surface area contributed by atoms with E-state index in [1.807, 2.05) is 0 Å². The van der Waals surface area contributed by atoms with E-state index in [2.05, 4.69) is 0 Å². The summed E-state index contributed by atoms with van der Waals surface area (Å²) in [5.41, 5.74) is 0. The first-order valence-electron chi connectivity index (χ1n) is 4.98. The lowest BCUT2D eigenvalue weighted by Crippen LogP contribution is -2.35. The number of halogens is 3. The maximum absolute atomic E-state index is 12.1. The summed E-state index contributed by atoms with van der Waals surface area (Å²) in [5, 5.41) is 0. The van der Waals surface area contributed by atoms with E-state index < -0.39 is 23.7 Å². The molecule has 2 nitrogen and oxygen atoms in total. The Morgan fingerprint density at radius 2 is 1.73 bits per heavy atom. The van der Waals surface area contributed by atoms with Crippen LogP contribution < -0.4 is 0 Å². The third-order valence-corrected chi connectivity index (χ3v) is 2.18. The van der Waals surface area contributed by atoms with Crippen LogP contribution in [-0.2, 0) is 9.59 Å². The van der Waals surface area contributed by atoms with Gasteiger partial charge >= 0.3 is 6.18 Å². The number of ketones is 2. The van der Waals surface area contributed by atoms with Gasteiger partial charge < -0.3 is 0 Å². The van der Waals surface area contributed by atoms with Crippen LogP contribution in [0.5, 0.6) is 0 Å². The van der Waals surface area contributed by atoms with Crippen molar-refractivity contribution in [2.24, 2.45) is 5.92 Å². The van der Waals surface area contributed by atoms with Crippen LogP contribution in [0.1, 0.15) is 39.5 Å². The lowest BCUT2D eigenvalue weighted by Gasteiger charge is -2.15. The largest absolute Gasteiger partial charge is 0.450 e. The van der Waals surface area contributed by atoms with Crippen molar-refractivity contribution in [3.63, 3.8) is 0 Å². The lowest BCUT2D eigenvalue weighted by molar-refractivity contribution is -0.177. The molecule has 0 saturated carbocycles. The zero-order valence-corrected chi connectivity index (χ0v) is 8.86. The van der Waals surface area contributed by atoms with Crippen LogP contribution in [0.3, 0.4) is 0 Å². The molecule has 0 fully saturated rings. The SMILES string of the molecule is CCCCC(C(=O)CC)C(=O)C(F)(F)F. The molecule has 0 aliphatic heterocycles. The Bertz CT molecular complexity index is 233. The van der Waals surface area contributed by atoms with Gasteiger partial charge in [0.15, 0.2) is 0 Å². The molecular formula is C10H15F3O2. The van der Waals surface area contributed by atoms with Gasteiger partial charge in [0.05, 0.1) is 5.92 Å². The summed E-state index contributed by atoms with van der Waals surface area (Å²) in [7, 11) is 0. The summed E-state index contributed by atoms with van der Waals surface area (Å²) in [6, 6.07) is 0. The highest BCUT2D eigenvalue weighted by Crippen LogP contribution is 2.25. The molecule has 0 aromatic rings. The minimum absolute atomic E-state index is 0.00150. The van der Waals surface area contributed by atoms with Gasteiger partial charge in [-0.3, -0.25) is 9.59 Å². The second-order valence-electron chi connectivity index (χ2n) is 3.38. The molecule has 0 aromatic heterocycles. The Kier molecular flexibility index (Phi) is 5.54. The predicted octanol–water partition coefficient (Wildman–Crippen LogP) is 2.90. The summed E-state index contributed by atoms with van der Waals surface area (Å²) in [6.45, 7) is 3.26. The van der Waals surface area contributed by atoms with Gasteiger partial charge in [0.1, 0.15) is 5.78 Å². The molecule has 88 valence electrons. The maximum atomic E-state index is 12.1. The molecule has 15 heavy (non-hydrogen) atoms. The smallest absolute Gasteiger partial charge is 0.299 e. The average molecular weight is 224 g/mol. The number of hydrogen-bond donors (Lipinski definition) is 0. The van der Waals surface area contributed by atoms with E-state index in [0.29, 0.717) is 12.8 Å². The summed E-state index contributed by atoms with van der Waals surface area (Å²) >= 11 is 0. The third-order valence-electron chi connectivity index (χ3n) is 2.18. The Balaban J connectivity index is 4.63. The van der Waals surface area contributed by atoms with Gasteiger partial charge in [-0.2, -0.15) is 13.2 Å². The van der Waals surface area contributed by atoms with Crippen molar-refractivity contribution in [2.45, 2.75) is 45.7 Å². The molecule has 0 aliphatic rings. The van der Waals surface area contributed by atoms with Crippen LogP contribution in [-0.4, -0.2) is 17.7 Å². The van der Waals surface area contributed by atoms with Crippen molar-refractivity contribution in [1.29, 1.82) is 0 Å². The highest BCUT2D eigenvalue weighted by Gasteiger charge is 2.44. The van der Waals surface area contributed by atoms with Crippen molar-refractivity contribution in [3.05, 3.63) is 0 Å². The number of rotatable bonds is 6. The van der Waals surface area contributed by atoms with Gasteiger partial charge in [-0.15, -0.1) is 0 Å². The van der Waals surface area contributed by atoms with Gasteiger partial charge in [-0.1, -0.05) is 26.7 Å².